The van der Waals surface area contributed by atoms with Gasteiger partial charge in [-0.2, -0.15) is 0 Å². The molecule has 1 aliphatic heterocycles. The lowest BCUT2D eigenvalue weighted by Gasteiger charge is -2.21. The van der Waals surface area contributed by atoms with Crippen LogP contribution in [0.1, 0.15) is 33.6 Å². The molecule has 0 N–H and O–H groups in total. The van der Waals surface area contributed by atoms with E-state index in [0.717, 1.165) is 25.9 Å². The van der Waals surface area contributed by atoms with Crippen molar-refractivity contribution in [2.24, 2.45) is 17.3 Å². The molecule has 2 fully saturated rings. The molecule has 0 bridgehead atoms. The molecule has 0 radical (unpaired) electrons. The number of rotatable bonds is 2. The van der Waals surface area contributed by atoms with E-state index in [1.807, 2.05) is 0 Å². The van der Waals surface area contributed by atoms with Crippen LogP contribution in [0, 0.1) is 17.3 Å². The number of halogens is 1. The van der Waals surface area contributed by atoms with Gasteiger partial charge in [0.05, 0.1) is 0 Å². The normalized spacial score (nSPS) is 38.1. The third kappa shape index (κ3) is 2.08. The summed E-state index contributed by atoms with van der Waals surface area (Å²) in [5.41, 5.74) is 0.228. The highest BCUT2D eigenvalue weighted by atomic mass is 79.9. The number of nitrogens with zero attached hydrogens (tertiary/aromatic N) is 1. The molecular weight excluding hydrogens is 254 g/mol. The maximum Gasteiger partial charge on any atom is 0.226 e. The minimum absolute atomic E-state index is 0.228. The highest BCUT2D eigenvalue weighted by molar-refractivity contribution is 9.09. The fraction of sp³-hybridized carbons (Fsp3) is 0.917. The standard InChI is InChI=1S/C12H20BrNO/c1-4-8-5-9(8)11(15)14-6-10(13)12(2,3)7-14/h8-10H,4-7H2,1-3H3. The Labute approximate surface area is 101 Å². The van der Waals surface area contributed by atoms with Crippen molar-refractivity contribution in [1.82, 2.24) is 4.90 Å². The number of hydrogen-bond donors (Lipinski definition) is 0. The topological polar surface area (TPSA) is 20.3 Å². The first kappa shape index (κ1) is 11.4. The Hall–Kier alpha value is -0.0500. The second kappa shape index (κ2) is 3.76. The second-order valence-electron chi connectivity index (χ2n) is 5.69. The first-order chi connectivity index (χ1) is 6.95. The molecule has 15 heavy (non-hydrogen) atoms. The summed E-state index contributed by atoms with van der Waals surface area (Å²) >= 11 is 3.68. The van der Waals surface area contributed by atoms with Crippen molar-refractivity contribution in [2.75, 3.05) is 13.1 Å². The molecule has 0 spiro atoms. The zero-order valence-corrected chi connectivity index (χ0v) is 11.4. The molecule has 0 aromatic rings. The highest BCUT2D eigenvalue weighted by Crippen LogP contribution is 2.44. The average molecular weight is 274 g/mol. The van der Waals surface area contributed by atoms with E-state index in [1.165, 1.54) is 0 Å². The highest BCUT2D eigenvalue weighted by Gasteiger charge is 2.47. The van der Waals surface area contributed by atoms with Crippen molar-refractivity contribution in [3.63, 3.8) is 0 Å². The third-order valence-corrected chi connectivity index (χ3v) is 5.43. The largest absolute Gasteiger partial charge is 0.341 e. The Bertz CT molecular complexity index is 277. The van der Waals surface area contributed by atoms with Crippen molar-refractivity contribution in [3.05, 3.63) is 0 Å². The van der Waals surface area contributed by atoms with Crippen LogP contribution >= 0.6 is 15.9 Å². The molecule has 1 saturated heterocycles. The second-order valence-corrected chi connectivity index (χ2v) is 6.79. The van der Waals surface area contributed by atoms with Gasteiger partial charge < -0.3 is 4.90 Å². The quantitative estimate of drug-likeness (QED) is 0.709. The van der Waals surface area contributed by atoms with Crippen molar-refractivity contribution in [3.8, 4) is 0 Å². The molecular formula is C12H20BrNO. The van der Waals surface area contributed by atoms with Gasteiger partial charge in [0.15, 0.2) is 0 Å². The molecule has 1 amide bonds. The van der Waals surface area contributed by atoms with Crippen LogP contribution in [-0.4, -0.2) is 28.7 Å². The summed E-state index contributed by atoms with van der Waals surface area (Å²) in [6.45, 7) is 8.43. The van der Waals surface area contributed by atoms with E-state index in [4.69, 9.17) is 0 Å². The van der Waals surface area contributed by atoms with Crippen LogP contribution < -0.4 is 0 Å². The molecule has 1 heterocycles. The zero-order chi connectivity index (χ0) is 11.2. The van der Waals surface area contributed by atoms with Gasteiger partial charge in [0.2, 0.25) is 5.91 Å². The molecule has 3 unspecified atom stereocenters. The predicted molar refractivity (Wildman–Crippen MR) is 65.0 cm³/mol. The Morgan fingerprint density at radius 1 is 1.53 bits per heavy atom. The van der Waals surface area contributed by atoms with Gasteiger partial charge in [0.1, 0.15) is 0 Å². The molecule has 3 atom stereocenters. The predicted octanol–water partition coefficient (Wildman–Crippen LogP) is 2.66. The summed E-state index contributed by atoms with van der Waals surface area (Å²) in [5.74, 6) is 1.43. The molecule has 2 aliphatic rings. The van der Waals surface area contributed by atoms with E-state index >= 15 is 0 Å². The van der Waals surface area contributed by atoms with Gasteiger partial charge in [-0.3, -0.25) is 4.79 Å². The Kier molecular flexibility index (Phi) is 2.87. The van der Waals surface area contributed by atoms with Crippen molar-refractivity contribution < 1.29 is 4.79 Å². The summed E-state index contributed by atoms with van der Waals surface area (Å²) in [4.78, 5) is 14.6. The average Bonchev–Trinajstić information content (AvgIpc) is 2.88. The van der Waals surface area contributed by atoms with E-state index < -0.39 is 0 Å². The number of amides is 1. The minimum Gasteiger partial charge on any atom is -0.341 e. The number of carbonyl (C=O) groups is 1. The molecule has 0 aromatic heterocycles. The molecule has 3 heteroatoms. The lowest BCUT2D eigenvalue weighted by molar-refractivity contribution is -0.132. The van der Waals surface area contributed by atoms with Gasteiger partial charge in [0, 0.05) is 23.8 Å². The smallest absolute Gasteiger partial charge is 0.226 e. The summed E-state index contributed by atoms with van der Waals surface area (Å²) in [6.07, 6.45) is 2.28. The first-order valence-electron chi connectivity index (χ1n) is 5.88. The fourth-order valence-corrected chi connectivity index (χ4v) is 2.99. The van der Waals surface area contributed by atoms with Crippen LogP contribution in [0.15, 0.2) is 0 Å². The van der Waals surface area contributed by atoms with Crippen LogP contribution in [0.2, 0.25) is 0 Å². The SMILES string of the molecule is CCC1CC1C(=O)N1CC(Br)C(C)(C)C1. The lowest BCUT2D eigenvalue weighted by Crippen LogP contribution is -2.31. The Morgan fingerprint density at radius 3 is 2.60 bits per heavy atom. The first-order valence-corrected chi connectivity index (χ1v) is 6.80. The minimum atomic E-state index is 0.228. The summed E-state index contributed by atoms with van der Waals surface area (Å²) in [6, 6.07) is 0. The van der Waals surface area contributed by atoms with E-state index in [9.17, 15) is 4.79 Å². The zero-order valence-electron chi connectivity index (χ0n) is 9.79. The van der Waals surface area contributed by atoms with Crippen molar-refractivity contribution in [2.45, 2.75) is 38.4 Å². The number of likely N-dealkylation sites (tertiary alicyclic amines) is 1. The van der Waals surface area contributed by atoms with Crippen LogP contribution in [-0.2, 0) is 4.79 Å². The van der Waals surface area contributed by atoms with Crippen LogP contribution in [0.3, 0.4) is 0 Å². The van der Waals surface area contributed by atoms with Gasteiger partial charge in [-0.15, -0.1) is 0 Å². The Morgan fingerprint density at radius 2 is 2.20 bits per heavy atom. The monoisotopic (exact) mass is 273 g/mol. The lowest BCUT2D eigenvalue weighted by atomic mass is 9.93. The van der Waals surface area contributed by atoms with E-state index in [1.54, 1.807) is 0 Å². The van der Waals surface area contributed by atoms with Crippen LogP contribution in [0.5, 0.6) is 0 Å². The van der Waals surface area contributed by atoms with Gasteiger partial charge in [-0.1, -0.05) is 43.1 Å². The van der Waals surface area contributed by atoms with Gasteiger partial charge in [-0.05, 0) is 17.8 Å². The molecule has 1 saturated carbocycles. The molecule has 86 valence electrons. The molecule has 2 nitrogen and oxygen atoms in total. The number of hydrogen-bond acceptors (Lipinski definition) is 1. The van der Waals surface area contributed by atoms with E-state index in [0.29, 0.717) is 22.6 Å². The maximum absolute atomic E-state index is 12.1. The van der Waals surface area contributed by atoms with E-state index in [2.05, 4.69) is 41.6 Å². The summed E-state index contributed by atoms with van der Waals surface area (Å²) in [7, 11) is 0. The van der Waals surface area contributed by atoms with Crippen molar-refractivity contribution >= 4 is 21.8 Å². The Balaban J connectivity index is 1.94. The summed E-state index contributed by atoms with van der Waals surface area (Å²) < 4.78 is 0. The van der Waals surface area contributed by atoms with Crippen LogP contribution in [0.4, 0.5) is 0 Å². The molecule has 2 rings (SSSR count). The van der Waals surface area contributed by atoms with Gasteiger partial charge in [0.25, 0.3) is 0 Å². The maximum atomic E-state index is 12.1. The van der Waals surface area contributed by atoms with Crippen LogP contribution in [0.25, 0.3) is 0 Å². The fourth-order valence-electron chi connectivity index (χ4n) is 2.50. The number of carbonyl (C=O) groups excluding carboxylic acids is 1. The van der Waals surface area contributed by atoms with Gasteiger partial charge >= 0.3 is 0 Å². The van der Waals surface area contributed by atoms with E-state index in [-0.39, 0.29) is 5.41 Å². The third-order valence-electron chi connectivity index (χ3n) is 3.90. The van der Waals surface area contributed by atoms with Gasteiger partial charge in [-0.25, -0.2) is 0 Å². The number of alkyl halides is 1. The summed E-state index contributed by atoms with van der Waals surface area (Å²) in [5, 5.41) is 0. The molecule has 1 aliphatic carbocycles. The van der Waals surface area contributed by atoms with Crippen molar-refractivity contribution in [1.29, 1.82) is 0 Å². The molecule has 0 aromatic carbocycles.